The first-order valence-corrected chi connectivity index (χ1v) is 11.3. The molecule has 0 aromatic heterocycles. The maximum atomic E-state index is 6.54. The van der Waals surface area contributed by atoms with E-state index >= 15 is 0 Å². The highest BCUT2D eigenvalue weighted by atomic mass is 28.4. The fraction of sp³-hybridized carbons (Fsp3) is 0.667. The summed E-state index contributed by atoms with van der Waals surface area (Å²) in [4.78, 5) is 2.46. The van der Waals surface area contributed by atoms with Gasteiger partial charge in [-0.1, -0.05) is 32.9 Å². The summed E-state index contributed by atoms with van der Waals surface area (Å²) in [6.45, 7) is 18.0. The van der Waals surface area contributed by atoms with Crippen molar-refractivity contribution in [3.8, 4) is 0 Å². The molecule has 1 aromatic rings. The molecule has 124 valence electrons. The predicted molar refractivity (Wildman–Crippen MR) is 98.2 cm³/mol. The Morgan fingerprint density at radius 1 is 1.18 bits per heavy atom. The summed E-state index contributed by atoms with van der Waals surface area (Å²) in [6, 6.07) is 8.89. The molecule has 0 amide bonds. The van der Waals surface area contributed by atoms with E-state index in [2.05, 4.69) is 75.3 Å². The van der Waals surface area contributed by atoms with E-state index in [1.165, 1.54) is 11.3 Å². The molecule has 1 atom stereocenters. The van der Waals surface area contributed by atoms with E-state index in [-0.39, 0.29) is 11.1 Å². The molecular formula is C18H32N2OSi. The molecule has 1 N–H and O–H groups in total. The highest BCUT2D eigenvalue weighted by molar-refractivity contribution is 6.74. The van der Waals surface area contributed by atoms with Crippen LogP contribution in [0.25, 0.3) is 0 Å². The molecule has 1 aliphatic heterocycles. The minimum atomic E-state index is -1.73. The average molecular weight is 321 g/mol. The summed E-state index contributed by atoms with van der Waals surface area (Å²) in [5, 5.41) is 3.66. The summed E-state index contributed by atoms with van der Waals surface area (Å²) >= 11 is 0. The van der Waals surface area contributed by atoms with Crippen molar-refractivity contribution in [1.82, 2.24) is 5.32 Å². The van der Waals surface area contributed by atoms with E-state index in [9.17, 15) is 0 Å². The molecule has 0 spiro atoms. The number of piperazine rings is 1. The lowest BCUT2D eigenvalue weighted by Crippen LogP contribution is -2.43. The Morgan fingerprint density at radius 2 is 1.82 bits per heavy atom. The standard InChI is InChI=1S/C18H32N2OSi/c1-15(21-22(5,6)18(2,3)4)16-8-7-9-17(14-16)20-12-10-19-11-13-20/h7-9,14-15,19H,10-13H2,1-6H3/t15-/m0/s1. The molecule has 0 unspecified atom stereocenters. The molecule has 0 saturated carbocycles. The lowest BCUT2D eigenvalue weighted by molar-refractivity contribution is 0.203. The van der Waals surface area contributed by atoms with Crippen molar-refractivity contribution >= 4 is 14.0 Å². The van der Waals surface area contributed by atoms with Crippen molar-refractivity contribution in [2.75, 3.05) is 31.1 Å². The number of anilines is 1. The maximum absolute atomic E-state index is 6.54. The van der Waals surface area contributed by atoms with Crippen LogP contribution in [-0.4, -0.2) is 34.5 Å². The van der Waals surface area contributed by atoms with Gasteiger partial charge in [-0.05, 0) is 42.8 Å². The fourth-order valence-electron chi connectivity index (χ4n) is 2.58. The number of hydrogen-bond acceptors (Lipinski definition) is 3. The Morgan fingerprint density at radius 3 is 2.41 bits per heavy atom. The van der Waals surface area contributed by atoms with Crippen LogP contribution in [0.15, 0.2) is 24.3 Å². The largest absolute Gasteiger partial charge is 0.410 e. The quantitative estimate of drug-likeness (QED) is 0.842. The highest BCUT2D eigenvalue weighted by Gasteiger charge is 2.38. The summed E-state index contributed by atoms with van der Waals surface area (Å²) < 4.78 is 6.54. The van der Waals surface area contributed by atoms with E-state index in [4.69, 9.17) is 4.43 Å². The predicted octanol–water partition coefficient (Wildman–Crippen LogP) is 4.18. The summed E-state index contributed by atoms with van der Waals surface area (Å²) in [6.07, 6.45) is 0.156. The Balaban J connectivity index is 2.11. The number of rotatable bonds is 4. The molecule has 0 aliphatic carbocycles. The van der Waals surface area contributed by atoms with Crippen LogP contribution in [0.1, 0.15) is 39.4 Å². The van der Waals surface area contributed by atoms with Gasteiger partial charge in [0, 0.05) is 31.9 Å². The molecule has 0 bridgehead atoms. The van der Waals surface area contributed by atoms with Crippen LogP contribution in [0.3, 0.4) is 0 Å². The molecule has 1 aliphatic rings. The SMILES string of the molecule is C[C@H](O[Si](C)(C)C(C)(C)C)c1cccc(N2CCNCC2)c1. The van der Waals surface area contributed by atoms with Gasteiger partial charge in [-0.2, -0.15) is 0 Å². The van der Waals surface area contributed by atoms with Crippen molar-refractivity contribution in [2.45, 2.75) is 51.9 Å². The molecular weight excluding hydrogens is 288 g/mol. The monoisotopic (exact) mass is 320 g/mol. The van der Waals surface area contributed by atoms with Gasteiger partial charge in [0.05, 0.1) is 6.10 Å². The van der Waals surface area contributed by atoms with Crippen LogP contribution < -0.4 is 10.2 Å². The molecule has 2 rings (SSSR count). The van der Waals surface area contributed by atoms with Gasteiger partial charge >= 0.3 is 0 Å². The van der Waals surface area contributed by atoms with Crippen molar-refractivity contribution in [3.63, 3.8) is 0 Å². The zero-order chi connectivity index (χ0) is 16.4. The van der Waals surface area contributed by atoms with Crippen molar-refractivity contribution in [1.29, 1.82) is 0 Å². The van der Waals surface area contributed by atoms with Crippen LogP contribution >= 0.6 is 0 Å². The summed E-state index contributed by atoms with van der Waals surface area (Å²) in [7, 11) is -1.73. The Labute approximate surface area is 137 Å². The van der Waals surface area contributed by atoms with E-state index in [0.717, 1.165) is 26.2 Å². The van der Waals surface area contributed by atoms with Gasteiger partial charge in [0.2, 0.25) is 0 Å². The number of nitrogens with one attached hydrogen (secondary N) is 1. The lowest BCUT2D eigenvalue weighted by Gasteiger charge is -2.38. The maximum Gasteiger partial charge on any atom is 0.192 e. The summed E-state index contributed by atoms with van der Waals surface area (Å²) in [5.74, 6) is 0. The van der Waals surface area contributed by atoms with Crippen LogP contribution in [-0.2, 0) is 4.43 Å². The zero-order valence-corrected chi connectivity index (χ0v) is 16.1. The number of nitrogens with zero attached hydrogens (tertiary/aromatic N) is 1. The van der Waals surface area contributed by atoms with Gasteiger partial charge in [0.1, 0.15) is 0 Å². The van der Waals surface area contributed by atoms with E-state index in [1.807, 2.05) is 0 Å². The van der Waals surface area contributed by atoms with Crippen molar-refractivity contribution in [3.05, 3.63) is 29.8 Å². The lowest BCUT2D eigenvalue weighted by atomic mass is 10.1. The molecule has 1 heterocycles. The van der Waals surface area contributed by atoms with Gasteiger partial charge in [-0.15, -0.1) is 0 Å². The number of benzene rings is 1. The van der Waals surface area contributed by atoms with Crippen LogP contribution in [0.4, 0.5) is 5.69 Å². The molecule has 1 fully saturated rings. The average Bonchev–Trinajstić information content (AvgIpc) is 2.47. The molecule has 0 radical (unpaired) electrons. The molecule has 22 heavy (non-hydrogen) atoms. The first kappa shape index (κ1) is 17.5. The van der Waals surface area contributed by atoms with Crippen LogP contribution in [0, 0.1) is 0 Å². The Bertz CT molecular complexity index is 490. The highest BCUT2D eigenvalue weighted by Crippen LogP contribution is 2.39. The molecule has 1 aromatic carbocycles. The third-order valence-corrected chi connectivity index (χ3v) is 9.65. The van der Waals surface area contributed by atoms with Gasteiger partial charge < -0.3 is 14.6 Å². The Hall–Kier alpha value is -0.843. The normalized spacial score (nSPS) is 18.4. The second-order valence-electron chi connectivity index (χ2n) is 7.85. The minimum Gasteiger partial charge on any atom is -0.410 e. The molecule has 3 nitrogen and oxygen atoms in total. The molecule has 1 saturated heterocycles. The van der Waals surface area contributed by atoms with E-state index < -0.39 is 8.32 Å². The number of hydrogen-bond donors (Lipinski definition) is 1. The minimum absolute atomic E-state index is 0.156. The van der Waals surface area contributed by atoms with Crippen LogP contribution in [0.5, 0.6) is 0 Å². The van der Waals surface area contributed by atoms with Crippen molar-refractivity contribution < 1.29 is 4.43 Å². The van der Waals surface area contributed by atoms with Gasteiger partial charge in [0.15, 0.2) is 8.32 Å². The second kappa shape index (κ2) is 6.73. The van der Waals surface area contributed by atoms with E-state index in [0.29, 0.717) is 0 Å². The summed E-state index contributed by atoms with van der Waals surface area (Å²) in [5.41, 5.74) is 2.62. The topological polar surface area (TPSA) is 24.5 Å². The first-order chi connectivity index (χ1) is 10.2. The van der Waals surface area contributed by atoms with Gasteiger partial charge in [0.25, 0.3) is 0 Å². The smallest absolute Gasteiger partial charge is 0.192 e. The second-order valence-corrected chi connectivity index (χ2v) is 12.6. The van der Waals surface area contributed by atoms with Crippen molar-refractivity contribution in [2.24, 2.45) is 0 Å². The third-order valence-electron chi connectivity index (χ3n) is 5.10. The fourth-order valence-corrected chi connectivity index (χ4v) is 3.96. The molecule has 4 heteroatoms. The zero-order valence-electron chi connectivity index (χ0n) is 15.1. The van der Waals surface area contributed by atoms with Gasteiger partial charge in [-0.3, -0.25) is 0 Å². The first-order valence-electron chi connectivity index (χ1n) is 8.44. The van der Waals surface area contributed by atoms with Gasteiger partial charge in [-0.25, -0.2) is 0 Å². The van der Waals surface area contributed by atoms with Crippen LogP contribution in [0.2, 0.25) is 18.1 Å². The Kier molecular flexibility index (Phi) is 5.36. The third kappa shape index (κ3) is 4.12. The van der Waals surface area contributed by atoms with E-state index in [1.54, 1.807) is 0 Å².